The van der Waals surface area contributed by atoms with Crippen molar-refractivity contribution in [1.29, 1.82) is 0 Å². The predicted molar refractivity (Wildman–Crippen MR) is 106 cm³/mol. The molecule has 2 aromatic carbocycles. The lowest BCUT2D eigenvalue weighted by molar-refractivity contribution is 0.0938. The second-order valence-electron chi connectivity index (χ2n) is 6.29. The third kappa shape index (κ3) is 2.99. The van der Waals surface area contributed by atoms with Crippen LogP contribution in [0.1, 0.15) is 41.6 Å². The monoisotopic (exact) mass is 399 g/mol. The van der Waals surface area contributed by atoms with E-state index in [2.05, 4.69) is 5.32 Å². The summed E-state index contributed by atoms with van der Waals surface area (Å²) in [6.45, 7) is 4.72. The minimum absolute atomic E-state index is 0.0247. The lowest BCUT2D eigenvalue weighted by Gasteiger charge is -2.16. The topological polar surface area (TPSA) is 77.8 Å². The van der Waals surface area contributed by atoms with Gasteiger partial charge < -0.3 is 19.2 Å². The highest BCUT2D eigenvalue weighted by Crippen LogP contribution is 2.36. The van der Waals surface area contributed by atoms with E-state index in [1.807, 2.05) is 13.8 Å². The number of carbonyl (C=O) groups is 1. The maximum Gasteiger partial charge on any atom is 0.288 e. The molecule has 2 heterocycles. The lowest BCUT2D eigenvalue weighted by atomic mass is 9.99. The fourth-order valence-corrected chi connectivity index (χ4v) is 3.55. The largest absolute Gasteiger partial charge is 0.490 e. The summed E-state index contributed by atoms with van der Waals surface area (Å²) in [6, 6.07) is 9.46. The van der Waals surface area contributed by atoms with Crippen LogP contribution in [0.25, 0.3) is 11.0 Å². The molecule has 1 aromatic heterocycles. The highest BCUT2D eigenvalue weighted by Gasteiger charge is 2.36. The average molecular weight is 400 g/mol. The summed E-state index contributed by atoms with van der Waals surface area (Å²) in [5.74, 6) is 0.755. The standard InChI is InChI=1S/C21H18ClNO5/c1-3-26-15-7-5-11(9-16(15)27-4-2)18-17-19(24)13-10-12(22)6-8-14(13)28-20(17)21(25)23-18/h5-10,18H,3-4H2,1-2H3,(H,23,25). The third-order valence-corrected chi connectivity index (χ3v) is 4.79. The van der Waals surface area contributed by atoms with Crippen LogP contribution >= 0.6 is 11.6 Å². The van der Waals surface area contributed by atoms with Crippen molar-refractivity contribution in [3.8, 4) is 11.5 Å². The molecule has 4 rings (SSSR count). The number of fused-ring (bicyclic) bond motifs is 2. The van der Waals surface area contributed by atoms with Crippen LogP contribution in [0.5, 0.6) is 11.5 Å². The zero-order chi connectivity index (χ0) is 19.8. The van der Waals surface area contributed by atoms with Crippen molar-refractivity contribution in [3.63, 3.8) is 0 Å². The van der Waals surface area contributed by atoms with Gasteiger partial charge in [-0.2, -0.15) is 0 Å². The molecule has 1 atom stereocenters. The fourth-order valence-electron chi connectivity index (χ4n) is 3.38. The number of ether oxygens (including phenoxy) is 2. The van der Waals surface area contributed by atoms with Crippen molar-refractivity contribution in [2.24, 2.45) is 0 Å². The maximum atomic E-state index is 13.1. The van der Waals surface area contributed by atoms with Crippen LogP contribution in [-0.4, -0.2) is 19.1 Å². The Labute approximate surface area is 166 Å². The zero-order valence-corrected chi connectivity index (χ0v) is 16.1. The van der Waals surface area contributed by atoms with Gasteiger partial charge in [-0.15, -0.1) is 0 Å². The Bertz CT molecular complexity index is 1140. The molecular formula is C21H18ClNO5. The smallest absolute Gasteiger partial charge is 0.288 e. The molecule has 0 fully saturated rings. The minimum atomic E-state index is -0.642. The second-order valence-corrected chi connectivity index (χ2v) is 6.73. The van der Waals surface area contributed by atoms with E-state index in [0.29, 0.717) is 46.3 Å². The van der Waals surface area contributed by atoms with Crippen LogP contribution in [0.15, 0.2) is 45.6 Å². The van der Waals surface area contributed by atoms with Gasteiger partial charge in [0.1, 0.15) is 5.58 Å². The van der Waals surface area contributed by atoms with Crippen molar-refractivity contribution in [1.82, 2.24) is 5.32 Å². The van der Waals surface area contributed by atoms with Crippen LogP contribution in [0, 0.1) is 0 Å². The van der Waals surface area contributed by atoms with Gasteiger partial charge in [0.05, 0.1) is 30.2 Å². The van der Waals surface area contributed by atoms with E-state index >= 15 is 0 Å². The Morgan fingerprint density at radius 1 is 1.04 bits per heavy atom. The molecule has 144 valence electrons. The summed E-state index contributed by atoms with van der Waals surface area (Å²) in [6.07, 6.45) is 0. The number of nitrogens with one attached hydrogen (secondary N) is 1. The maximum absolute atomic E-state index is 13.1. The summed E-state index contributed by atoms with van der Waals surface area (Å²) in [5.41, 5.74) is 1.01. The number of carbonyl (C=O) groups excluding carboxylic acids is 1. The van der Waals surface area contributed by atoms with E-state index in [0.717, 1.165) is 0 Å². The fraction of sp³-hybridized carbons (Fsp3) is 0.238. The summed E-state index contributed by atoms with van der Waals surface area (Å²) < 4.78 is 17.0. The first kappa shape index (κ1) is 18.4. The average Bonchev–Trinajstić information content (AvgIpc) is 3.01. The molecule has 7 heteroatoms. The van der Waals surface area contributed by atoms with Crippen LogP contribution in [0.3, 0.4) is 0 Å². The van der Waals surface area contributed by atoms with Crippen LogP contribution in [0.2, 0.25) is 5.02 Å². The Morgan fingerprint density at radius 3 is 2.54 bits per heavy atom. The van der Waals surface area contributed by atoms with E-state index in [-0.39, 0.29) is 16.8 Å². The van der Waals surface area contributed by atoms with Gasteiger partial charge in [-0.25, -0.2) is 0 Å². The van der Waals surface area contributed by atoms with Crippen LogP contribution < -0.4 is 20.2 Å². The normalized spacial score (nSPS) is 15.4. The molecule has 0 radical (unpaired) electrons. The summed E-state index contributed by atoms with van der Waals surface area (Å²) in [7, 11) is 0. The van der Waals surface area contributed by atoms with E-state index < -0.39 is 11.9 Å². The van der Waals surface area contributed by atoms with Gasteiger partial charge in [-0.3, -0.25) is 9.59 Å². The van der Waals surface area contributed by atoms with Gasteiger partial charge in [-0.05, 0) is 49.7 Å². The summed E-state index contributed by atoms with van der Waals surface area (Å²) in [4.78, 5) is 25.6. The number of halogens is 1. The van der Waals surface area contributed by atoms with Crippen molar-refractivity contribution < 1.29 is 18.7 Å². The van der Waals surface area contributed by atoms with Crippen LogP contribution in [-0.2, 0) is 0 Å². The van der Waals surface area contributed by atoms with Gasteiger partial charge in [0.25, 0.3) is 5.91 Å². The molecule has 0 bridgehead atoms. The SMILES string of the molecule is CCOc1ccc(C2NC(=O)c3oc4ccc(Cl)cc4c(=O)c32)cc1OCC. The van der Waals surface area contributed by atoms with Crippen molar-refractivity contribution in [2.45, 2.75) is 19.9 Å². The van der Waals surface area contributed by atoms with E-state index in [1.165, 1.54) is 0 Å². The van der Waals surface area contributed by atoms with Gasteiger partial charge in [0, 0.05) is 5.02 Å². The number of amides is 1. The molecule has 1 N–H and O–H groups in total. The first-order chi connectivity index (χ1) is 13.5. The lowest BCUT2D eigenvalue weighted by Crippen LogP contribution is -2.22. The van der Waals surface area contributed by atoms with Gasteiger partial charge in [-0.1, -0.05) is 17.7 Å². The van der Waals surface area contributed by atoms with Crippen molar-refractivity contribution >= 4 is 28.5 Å². The Kier molecular flexibility index (Phi) is 4.73. The highest BCUT2D eigenvalue weighted by atomic mass is 35.5. The quantitative estimate of drug-likeness (QED) is 0.699. The van der Waals surface area contributed by atoms with Gasteiger partial charge in [0.15, 0.2) is 16.9 Å². The Balaban J connectivity index is 1.87. The molecule has 28 heavy (non-hydrogen) atoms. The van der Waals surface area contributed by atoms with E-state index in [1.54, 1.807) is 36.4 Å². The first-order valence-electron chi connectivity index (χ1n) is 9.00. The molecule has 0 spiro atoms. The van der Waals surface area contributed by atoms with E-state index in [9.17, 15) is 9.59 Å². The molecule has 0 aliphatic carbocycles. The molecule has 1 aliphatic rings. The first-order valence-corrected chi connectivity index (χ1v) is 9.38. The minimum Gasteiger partial charge on any atom is -0.490 e. The number of rotatable bonds is 5. The highest BCUT2D eigenvalue weighted by molar-refractivity contribution is 6.31. The molecule has 1 amide bonds. The second kappa shape index (κ2) is 7.20. The molecule has 0 saturated heterocycles. The molecule has 1 unspecified atom stereocenters. The molecule has 6 nitrogen and oxygen atoms in total. The number of benzene rings is 2. The molecule has 1 aliphatic heterocycles. The molecule has 3 aromatic rings. The van der Waals surface area contributed by atoms with Gasteiger partial charge in [0.2, 0.25) is 5.76 Å². The number of hydrogen-bond acceptors (Lipinski definition) is 5. The Morgan fingerprint density at radius 2 is 1.79 bits per heavy atom. The number of hydrogen-bond donors (Lipinski definition) is 1. The van der Waals surface area contributed by atoms with Crippen LogP contribution in [0.4, 0.5) is 0 Å². The zero-order valence-electron chi connectivity index (χ0n) is 15.4. The molecule has 0 saturated carbocycles. The summed E-state index contributed by atoms with van der Waals surface area (Å²) in [5, 5.41) is 3.59. The van der Waals surface area contributed by atoms with E-state index in [4.69, 9.17) is 25.5 Å². The van der Waals surface area contributed by atoms with Crippen molar-refractivity contribution in [3.05, 3.63) is 68.5 Å². The predicted octanol–water partition coefficient (Wildman–Crippen LogP) is 4.08. The molecular weight excluding hydrogens is 382 g/mol. The third-order valence-electron chi connectivity index (χ3n) is 4.56. The van der Waals surface area contributed by atoms with Gasteiger partial charge >= 0.3 is 0 Å². The summed E-state index contributed by atoms with van der Waals surface area (Å²) >= 11 is 6.03. The Hall–Kier alpha value is -2.99. The van der Waals surface area contributed by atoms with Crippen molar-refractivity contribution in [2.75, 3.05) is 13.2 Å².